The first-order valence-corrected chi connectivity index (χ1v) is 29.8. The first-order chi connectivity index (χ1) is 41.2. The van der Waals surface area contributed by atoms with Gasteiger partial charge in [0.15, 0.2) is 37.6 Å². The highest BCUT2D eigenvalue weighted by molar-refractivity contribution is 5.77. The number of hydrogen-bond acceptors (Lipinski definition) is 32. The molecular formula is C55H88O32. The molecular weight excluding hydrogens is 1170 g/mol. The van der Waals surface area contributed by atoms with Gasteiger partial charge in [-0.05, 0) is 86.5 Å². The average Bonchev–Trinajstić information content (AvgIpc) is 1.64. The first-order valence-electron chi connectivity index (χ1n) is 29.8. The lowest BCUT2D eigenvalue weighted by Crippen LogP contribution is -2.68. The van der Waals surface area contributed by atoms with Gasteiger partial charge in [0, 0.05) is 0 Å². The molecule has 32 heteroatoms. The summed E-state index contributed by atoms with van der Waals surface area (Å²) in [4.78, 5) is 15.4. The Hall–Kier alpha value is -1.99. The van der Waals surface area contributed by atoms with Crippen LogP contribution in [0.4, 0.5) is 0 Å². The number of rotatable bonds is 17. The molecule has 2 bridgehead atoms. The average molecular weight is 1260 g/mol. The molecule has 6 saturated heterocycles. The van der Waals surface area contributed by atoms with E-state index in [2.05, 4.69) is 13.5 Å². The van der Waals surface area contributed by atoms with Crippen molar-refractivity contribution in [3.8, 4) is 0 Å². The Labute approximate surface area is 498 Å². The molecule has 4 saturated carbocycles. The minimum Gasteiger partial charge on any atom is -0.432 e. The lowest BCUT2D eigenvalue weighted by atomic mass is 9.41. The van der Waals surface area contributed by atoms with E-state index < -0.39 is 252 Å². The maximum atomic E-state index is 15.4. The van der Waals surface area contributed by atoms with Gasteiger partial charge in [0.05, 0.1) is 50.7 Å². The van der Waals surface area contributed by atoms with Gasteiger partial charge in [0.1, 0.15) is 134 Å². The molecule has 14 unspecified atom stereocenters. The maximum absolute atomic E-state index is 15.4. The second-order valence-electron chi connectivity index (χ2n) is 26.0. The summed E-state index contributed by atoms with van der Waals surface area (Å²) in [6.45, 7) is 3.49. The Morgan fingerprint density at radius 3 is 1.38 bits per heavy atom. The third-order valence-corrected chi connectivity index (χ3v) is 20.9. The molecule has 6 heterocycles. The molecule has 6 aliphatic heterocycles. The van der Waals surface area contributed by atoms with E-state index >= 15 is 4.79 Å². The molecule has 10 fully saturated rings. The molecule has 4 aliphatic carbocycles. The molecule has 0 aromatic carbocycles. The third-order valence-electron chi connectivity index (χ3n) is 20.9. The van der Waals surface area contributed by atoms with Crippen molar-refractivity contribution in [1.29, 1.82) is 0 Å². The maximum Gasteiger partial charge on any atom is 0.314 e. The van der Waals surface area contributed by atoms with E-state index in [1.165, 1.54) is 0 Å². The van der Waals surface area contributed by atoms with Crippen LogP contribution in [0.2, 0.25) is 0 Å². The van der Waals surface area contributed by atoms with Crippen molar-refractivity contribution in [3.05, 3.63) is 12.2 Å². The Balaban J connectivity index is 0.915. The zero-order valence-electron chi connectivity index (χ0n) is 48.0. The van der Waals surface area contributed by atoms with Gasteiger partial charge in [0.2, 0.25) is 6.29 Å². The van der Waals surface area contributed by atoms with Crippen LogP contribution in [-0.2, 0) is 61.6 Å². The van der Waals surface area contributed by atoms with Crippen molar-refractivity contribution in [1.82, 2.24) is 0 Å². The van der Waals surface area contributed by atoms with E-state index in [1.54, 1.807) is 6.92 Å². The van der Waals surface area contributed by atoms with Gasteiger partial charge in [0.25, 0.3) is 0 Å². The second kappa shape index (κ2) is 26.4. The van der Waals surface area contributed by atoms with E-state index in [4.69, 9.17) is 56.8 Å². The molecule has 19 N–H and O–H groups in total. The molecule has 87 heavy (non-hydrogen) atoms. The SMILES string of the molecule is C=C1C[C@@]23CCC4[C@](C)(C(=O)O[C@@H]5OC(CO)[C@@H](O)[C@H](O[C@@H]6OC(CO)[C@@H](O)[C@H](O)C6O)C5O[C@@H]5O[C@@H](CO)[C@@H](O)C(O)C5O)CCC[C@@]4(C)[C@@H]2CCC1(O[C@@H]1OC(CO)[C@@H](O)[C@H](O[C@@H]2OC(CO)[C@@H](O)[C@H](O)C2O)C1O[C@H]1OC[C@@H](O)C(O)C1O)C3. The lowest BCUT2D eigenvalue weighted by molar-refractivity contribution is -0.395. The van der Waals surface area contributed by atoms with Crippen LogP contribution in [0.5, 0.6) is 0 Å². The minimum atomic E-state index is -2.07. The summed E-state index contributed by atoms with van der Waals surface area (Å²) in [5.41, 5.74) is -3.08. The summed E-state index contributed by atoms with van der Waals surface area (Å²) in [7, 11) is 0. The number of carbonyl (C=O) groups is 1. The molecule has 500 valence electrons. The fourth-order valence-electron chi connectivity index (χ4n) is 16.1. The van der Waals surface area contributed by atoms with Gasteiger partial charge >= 0.3 is 5.97 Å². The van der Waals surface area contributed by atoms with Crippen molar-refractivity contribution >= 4 is 5.97 Å². The third kappa shape index (κ3) is 12.0. The molecule has 10 rings (SSSR count). The number of hydrogen-bond donors (Lipinski definition) is 19. The predicted molar refractivity (Wildman–Crippen MR) is 278 cm³/mol. The van der Waals surface area contributed by atoms with Crippen LogP contribution in [0.25, 0.3) is 0 Å². The van der Waals surface area contributed by atoms with Crippen LogP contribution in [0.15, 0.2) is 12.2 Å². The van der Waals surface area contributed by atoms with Crippen molar-refractivity contribution < 1.29 is 159 Å². The van der Waals surface area contributed by atoms with Crippen LogP contribution in [0.3, 0.4) is 0 Å². The second-order valence-corrected chi connectivity index (χ2v) is 26.0. The summed E-state index contributed by atoms with van der Waals surface area (Å²) in [5.74, 6) is -1.38. The summed E-state index contributed by atoms with van der Waals surface area (Å²) in [6.07, 6.45) is -48.7. The summed E-state index contributed by atoms with van der Waals surface area (Å²) >= 11 is 0. The van der Waals surface area contributed by atoms with Gasteiger partial charge < -0.3 is 154 Å². The number of aliphatic hydroxyl groups excluding tert-OH is 19. The summed E-state index contributed by atoms with van der Waals surface area (Å²) in [6, 6.07) is 0. The van der Waals surface area contributed by atoms with Crippen LogP contribution in [-0.4, -0.2) is 326 Å². The normalized spacial score (nSPS) is 54.6. The highest BCUT2D eigenvalue weighted by Gasteiger charge is 2.70. The Kier molecular flexibility index (Phi) is 20.6. The number of esters is 1. The Morgan fingerprint density at radius 2 is 0.885 bits per heavy atom. The van der Waals surface area contributed by atoms with E-state index in [-0.39, 0.29) is 18.8 Å². The lowest BCUT2D eigenvalue weighted by Gasteiger charge is -2.64. The zero-order valence-corrected chi connectivity index (χ0v) is 48.0. The van der Waals surface area contributed by atoms with E-state index in [0.717, 1.165) is 0 Å². The number of aliphatic hydroxyl groups is 19. The molecule has 10 aliphatic rings. The van der Waals surface area contributed by atoms with Crippen molar-refractivity contribution in [2.45, 2.75) is 255 Å². The van der Waals surface area contributed by atoms with E-state index in [1.807, 2.05) is 0 Å². The topological polar surface area (TPSA) is 512 Å². The molecule has 32 nitrogen and oxygen atoms in total. The quantitative estimate of drug-likeness (QED) is 0.0365. The highest BCUT2D eigenvalue weighted by atomic mass is 16.8. The molecule has 0 amide bonds. The molecule has 0 radical (unpaired) electrons. The van der Waals surface area contributed by atoms with Crippen molar-refractivity contribution in [2.75, 3.05) is 39.6 Å². The molecule has 0 aromatic heterocycles. The Bertz CT molecular complexity index is 2340. The van der Waals surface area contributed by atoms with Gasteiger partial charge in [-0.25, -0.2) is 0 Å². The fourth-order valence-corrected chi connectivity index (χ4v) is 16.1. The zero-order chi connectivity index (χ0) is 63.1. The highest BCUT2D eigenvalue weighted by Crippen LogP contribution is 2.74. The van der Waals surface area contributed by atoms with Crippen molar-refractivity contribution in [3.63, 3.8) is 0 Å². The first kappa shape index (κ1) is 67.9. The largest absolute Gasteiger partial charge is 0.432 e. The predicted octanol–water partition coefficient (Wildman–Crippen LogP) is -8.83. The van der Waals surface area contributed by atoms with Gasteiger partial charge in [-0.15, -0.1) is 0 Å². The van der Waals surface area contributed by atoms with Gasteiger partial charge in [-0.1, -0.05) is 19.9 Å². The monoisotopic (exact) mass is 1260 g/mol. The minimum absolute atomic E-state index is 0.127. The van der Waals surface area contributed by atoms with Crippen LogP contribution < -0.4 is 0 Å². The standard InChI is InChI=1S/C55H88O32/c1-19-11-54-9-5-26-52(2,27(54)6-10-55(19,18-54)87-50-44(84-45-37(71)28(62)20(61)17-76-45)42(33(67)25(16-60)81-50)83-47-39(73)35(69)30(64)22(13-57)78-47)7-4-8-53(26,3)51(75)86-49-43(85-48-40(74)36(70)31(65)23(14-58)79-48)41(32(66)24(15-59)80-49)82-46-38(72)34(68)29(63)21(12-56)77-46/h20-50,56-74H,1,4-18H2,2-3H3/t20-,21?,22?,23+,24?,25?,26?,27+,28?,29-,30-,31-,32-,33-,34+,35+,36?,37?,38?,39?,40?,41+,42+,43?,44?,45-,46+,47+,48+,49+,50+,52-,53-,54-,55?/m1/s1. The van der Waals surface area contributed by atoms with Gasteiger partial charge in [-0.2, -0.15) is 0 Å². The number of ether oxygens (including phenoxy) is 12. The summed E-state index contributed by atoms with van der Waals surface area (Å²) < 4.78 is 72.7. The summed E-state index contributed by atoms with van der Waals surface area (Å²) in [5, 5.41) is 204. The van der Waals surface area contributed by atoms with Gasteiger partial charge in [-0.3, -0.25) is 4.79 Å². The van der Waals surface area contributed by atoms with E-state index in [9.17, 15) is 97.0 Å². The fraction of sp³-hybridized carbons (Fsp3) is 0.945. The smallest absolute Gasteiger partial charge is 0.314 e. The van der Waals surface area contributed by atoms with Crippen LogP contribution >= 0.6 is 0 Å². The van der Waals surface area contributed by atoms with Crippen LogP contribution in [0, 0.1) is 28.1 Å². The van der Waals surface area contributed by atoms with Crippen molar-refractivity contribution in [2.24, 2.45) is 28.1 Å². The Morgan fingerprint density at radius 1 is 0.471 bits per heavy atom. The van der Waals surface area contributed by atoms with E-state index in [0.29, 0.717) is 50.5 Å². The molecule has 0 aromatic rings. The number of carbonyl (C=O) groups excluding carboxylic acids is 1. The molecule has 35 atom stereocenters. The van der Waals surface area contributed by atoms with Crippen LogP contribution in [0.1, 0.15) is 71.6 Å². The number of fused-ring (bicyclic) bond motifs is 3. The molecule has 1 spiro atoms.